The molecule has 8 nitrogen and oxygen atoms in total. The third-order valence-corrected chi connectivity index (χ3v) is 6.56. The molecule has 2 aliphatic rings. The van der Waals surface area contributed by atoms with Crippen molar-refractivity contribution >= 4 is 23.2 Å². The van der Waals surface area contributed by atoms with Crippen LogP contribution < -0.4 is 14.8 Å². The van der Waals surface area contributed by atoms with Crippen LogP contribution in [0, 0.1) is 12.7 Å². The molecule has 0 bridgehead atoms. The number of carbonyl (C=O) groups is 2. The Morgan fingerprint density at radius 3 is 2.76 bits per heavy atom. The molecule has 10 heteroatoms. The van der Waals surface area contributed by atoms with E-state index in [1.807, 2.05) is 6.92 Å². The number of ether oxygens (including phenoxy) is 3. The van der Waals surface area contributed by atoms with Crippen molar-refractivity contribution in [2.45, 2.75) is 13.2 Å². The third kappa shape index (κ3) is 4.34. The van der Waals surface area contributed by atoms with Crippen molar-refractivity contribution < 1.29 is 28.2 Å². The number of benzene rings is 2. The zero-order chi connectivity index (χ0) is 23.7. The molecule has 1 fully saturated rings. The maximum absolute atomic E-state index is 13.4. The van der Waals surface area contributed by atoms with Crippen molar-refractivity contribution in [1.29, 1.82) is 0 Å². The first-order valence-electron chi connectivity index (χ1n) is 10.8. The molecule has 34 heavy (non-hydrogen) atoms. The van der Waals surface area contributed by atoms with Crippen LogP contribution in [-0.2, 0) is 4.74 Å². The predicted molar refractivity (Wildman–Crippen MR) is 123 cm³/mol. The Hall–Kier alpha value is -3.50. The zero-order valence-electron chi connectivity index (χ0n) is 18.4. The van der Waals surface area contributed by atoms with Gasteiger partial charge in [0.1, 0.15) is 31.0 Å². The van der Waals surface area contributed by atoms with Crippen molar-refractivity contribution in [2.75, 3.05) is 32.9 Å². The van der Waals surface area contributed by atoms with E-state index in [4.69, 9.17) is 14.2 Å². The lowest BCUT2D eigenvalue weighted by atomic mass is 10.1. The minimum atomic E-state index is -0.642. The minimum Gasteiger partial charge on any atom is -0.486 e. The number of hydrogen-bond donors (Lipinski definition) is 1. The number of para-hydroxylation sites is 1. The van der Waals surface area contributed by atoms with Crippen LogP contribution in [0.5, 0.6) is 11.5 Å². The van der Waals surface area contributed by atoms with Crippen LogP contribution in [0.15, 0.2) is 42.5 Å². The fourth-order valence-corrected chi connectivity index (χ4v) is 4.87. The van der Waals surface area contributed by atoms with Gasteiger partial charge < -0.3 is 24.4 Å². The molecule has 1 N–H and O–H groups in total. The summed E-state index contributed by atoms with van der Waals surface area (Å²) in [5, 5.41) is 3.56. The van der Waals surface area contributed by atoms with Crippen molar-refractivity contribution in [1.82, 2.24) is 15.2 Å². The van der Waals surface area contributed by atoms with Crippen molar-refractivity contribution in [3.8, 4) is 21.9 Å². The summed E-state index contributed by atoms with van der Waals surface area (Å²) < 4.78 is 30.3. The van der Waals surface area contributed by atoms with Gasteiger partial charge in [-0.15, -0.1) is 11.3 Å². The summed E-state index contributed by atoms with van der Waals surface area (Å²) >= 11 is 1.37. The van der Waals surface area contributed by atoms with Crippen LogP contribution >= 0.6 is 11.3 Å². The Bertz CT molecular complexity index is 1230. The molecule has 0 radical (unpaired) electrons. The number of nitrogens with zero attached hydrogens (tertiary/aromatic N) is 2. The molecule has 1 saturated heterocycles. The lowest BCUT2D eigenvalue weighted by molar-refractivity contribution is 0.0276. The SMILES string of the molecule is Cc1nc(C(=O)N2CCOC2CNC(=O)c2cccc3c2OCCO3)c(-c2ccc(F)cc2)s1. The Morgan fingerprint density at radius 2 is 1.94 bits per heavy atom. The first kappa shape index (κ1) is 22.3. The van der Waals surface area contributed by atoms with Crippen molar-refractivity contribution in [3.05, 3.63) is 64.5 Å². The second-order valence-corrected chi connectivity index (χ2v) is 8.98. The van der Waals surface area contributed by atoms with E-state index in [9.17, 15) is 14.0 Å². The highest BCUT2D eigenvalue weighted by molar-refractivity contribution is 7.15. The van der Waals surface area contributed by atoms with Gasteiger partial charge in [-0.05, 0) is 36.8 Å². The molecule has 0 spiro atoms. The van der Waals surface area contributed by atoms with Gasteiger partial charge >= 0.3 is 0 Å². The normalized spacial score (nSPS) is 17.0. The van der Waals surface area contributed by atoms with Crippen LogP contribution in [0.4, 0.5) is 4.39 Å². The van der Waals surface area contributed by atoms with E-state index in [0.29, 0.717) is 54.0 Å². The van der Waals surface area contributed by atoms with Crippen LogP contribution in [0.1, 0.15) is 25.9 Å². The number of aromatic nitrogens is 1. The molecule has 1 aromatic heterocycles. The number of aryl methyl sites for hydroxylation is 1. The van der Waals surface area contributed by atoms with Crippen LogP contribution in [0.2, 0.25) is 0 Å². The van der Waals surface area contributed by atoms with E-state index in [1.54, 1.807) is 35.2 Å². The number of fused-ring (bicyclic) bond motifs is 1. The van der Waals surface area contributed by atoms with Crippen LogP contribution in [0.25, 0.3) is 10.4 Å². The number of nitrogens with one attached hydrogen (secondary N) is 1. The molecular formula is C24H22FN3O5S. The highest BCUT2D eigenvalue weighted by atomic mass is 32.1. The van der Waals surface area contributed by atoms with Crippen LogP contribution in [0.3, 0.4) is 0 Å². The first-order chi connectivity index (χ1) is 16.5. The zero-order valence-corrected chi connectivity index (χ0v) is 19.2. The monoisotopic (exact) mass is 483 g/mol. The summed E-state index contributed by atoms with van der Waals surface area (Å²) in [6.45, 7) is 3.44. The van der Waals surface area contributed by atoms with E-state index in [0.717, 1.165) is 10.6 Å². The quantitative estimate of drug-likeness (QED) is 0.599. The summed E-state index contributed by atoms with van der Waals surface area (Å²) in [5.41, 5.74) is 1.37. The molecule has 2 aliphatic heterocycles. The number of halogens is 1. The fourth-order valence-electron chi connectivity index (χ4n) is 3.96. The molecule has 1 unspecified atom stereocenters. The third-order valence-electron chi connectivity index (χ3n) is 5.54. The van der Waals surface area contributed by atoms with Gasteiger partial charge in [0.05, 0.1) is 28.6 Å². The average molecular weight is 484 g/mol. The van der Waals surface area contributed by atoms with Gasteiger partial charge in [-0.2, -0.15) is 0 Å². The van der Waals surface area contributed by atoms with E-state index in [-0.39, 0.29) is 24.2 Å². The molecule has 2 aromatic carbocycles. The highest BCUT2D eigenvalue weighted by Gasteiger charge is 2.34. The lowest BCUT2D eigenvalue weighted by Crippen LogP contribution is -2.44. The van der Waals surface area contributed by atoms with E-state index in [2.05, 4.69) is 10.3 Å². The summed E-state index contributed by atoms with van der Waals surface area (Å²) in [4.78, 5) is 32.9. The number of carbonyl (C=O) groups excluding carboxylic acids is 2. The maximum Gasteiger partial charge on any atom is 0.276 e. The fraction of sp³-hybridized carbons (Fsp3) is 0.292. The maximum atomic E-state index is 13.4. The molecule has 3 aromatic rings. The Labute approximate surface area is 199 Å². The average Bonchev–Trinajstić information content (AvgIpc) is 3.49. The second kappa shape index (κ2) is 9.40. The van der Waals surface area contributed by atoms with Gasteiger partial charge in [0, 0.05) is 6.54 Å². The van der Waals surface area contributed by atoms with Gasteiger partial charge in [-0.3, -0.25) is 9.59 Å². The smallest absolute Gasteiger partial charge is 0.276 e. The molecule has 0 saturated carbocycles. The Balaban J connectivity index is 1.31. The van der Waals surface area contributed by atoms with Crippen LogP contribution in [-0.4, -0.2) is 60.8 Å². The van der Waals surface area contributed by atoms with E-state index < -0.39 is 6.23 Å². The van der Waals surface area contributed by atoms with Gasteiger partial charge in [0.15, 0.2) is 11.5 Å². The van der Waals surface area contributed by atoms with Gasteiger partial charge in [0.25, 0.3) is 11.8 Å². The minimum absolute atomic E-state index is 0.101. The Kier molecular flexibility index (Phi) is 6.16. The molecular weight excluding hydrogens is 461 g/mol. The predicted octanol–water partition coefficient (Wildman–Crippen LogP) is 3.26. The summed E-state index contributed by atoms with van der Waals surface area (Å²) in [7, 11) is 0. The molecule has 3 heterocycles. The first-order valence-corrected chi connectivity index (χ1v) is 11.7. The second-order valence-electron chi connectivity index (χ2n) is 7.78. The lowest BCUT2D eigenvalue weighted by Gasteiger charge is -2.24. The molecule has 0 aliphatic carbocycles. The number of thiazole rings is 1. The van der Waals surface area contributed by atoms with Crippen molar-refractivity contribution in [2.24, 2.45) is 0 Å². The summed E-state index contributed by atoms with van der Waals surface area (Å²) in [5.74, 6) is -0.0530. The van der Waals surface area contributed by atoms with Gasteiger partial charge in [0.2, 0.25) is 0 Å². The Morgan fingerprint density at radius 1 is 1.15 bits per heavy atom. The number of amides is 2. The van der Waals surface area contributed by atoms with E-state index >= 15 is 0 Å². The standard InChI is InChI=1S/C24H22FN3O5S/c1-14-27-20(22(34-14)15-5-7-16(25)8-6-15)24(30)28-9-10-32-19(28)13-26-23(29)17-3-2-4-18-21(17)33-12-11-31-18/h2-8,19H,9-13H2,1H3,(H,26,29). The van der Waals surface area contributed by atoms with Gasteiger partial charge in [-0.1, -0.05) is 18.2 Å². The van der Waals surface area contributed by atoms with Gasteiger partial charge in [-0.25, -0.2) is 9.37 Å². The molecule has 1 atom stereocenters. The number of hydrogen-bond acceptors (Lipinski definition) is 7. The largest absolute Gasteiger partial charge is 0.486 e. The number of rotatable bonds is 5. The molecule has 5 rings (SSSR count). The molecule has 2 amide bonds. The summed E-state index contributed by atoms with van der Waals surface area (Å²) in [6, 6.07) is 11.1. The van der Waals surface area contributed by atoms with E-state index in [1.165, 1.54) is 23.5 Å². The summed E-state index contributed by atoms with van der Waals surface area (Å²) in [6.07, 6.45) is -0.642. The topological polar surface area (TPSA) is 90.0 Å². The molecule has 176 valence electrons. The highest BCUT2D eigenvalue weighted by Crippen LogP contribution is 2.34. The van der Waals surface area contributed by atoms with Crippen molar-refractivity contribution in [3.63, 3.8) is 0 Å².